The van der Waals surface area contributed by atoms with E-state index < -0.39 is 5.60 Å². The molecule has 0 aromatic rings. The standard InChI is InChI=1S/C23H34O2/c1-5-23(4,25)20-9-8-18-17-7-6-15-14-16(24)10-12-21(15,2)19(17)11-13-22(18,20)3/h1,6,16-20,24-25H,7-14H2,2-4H3/t16?,17-,18-,19-,20-,21-,22-,23?/m0/s1. The van der Waals surface area contributed by atoms with Gasteiger partial charge in [-0.2, -0.15) is 0 Å². The van der Waals surface area contributed by atoms with Gasteiger partial charge in [-0.15, -0.1) is 6.42 Å². The van der Waals surface area contributed by atoms with E-state index in [1.807, 2.05) is 6.92 Å². The van der Waals surface area contributed by atoms with Gasteiger partial charge in [0, 0.05) is 5.92 Å². The summed E-state index contributed by atoms with van der Waals surface area (Å²) in [6.07, 6.45) is 16.9. The molecule has 138 valence electrons. The molecule has 8 atom stereocenters. The third-order valence-corrected chi connectivity index (χ3v) is 9.05. The molecule has 3 saturated carbocycles. The first-order valence-corrected chi connectivity index (χ1v) is 10.3. The van der Waals surface area contributed by atoms with Gasteiger partial charge >= 0.3 is 0 Å². The Morgan fingerprint density at radius 3 is 2.64 bits per heavy atom. The SMILES string of the molecule is C#CC(C)(O)[C@H]1CC[C@H]2[C@@H]3CC=C4CC(O)CC[C@]4(C)[C@H]3CC[C@]12C. The molecule has 2 N–H and O–H groups in total. The average molecular weight is 343 g/mol. The number of aliphatic hydroxyl groups excluding tert-OH is 1. The molecular weight excluding hydrogens is 308 g/mol. The highest BCUT2D eigenvalue weighted by atomic mass is 16.3. The van der Waals surface area contributed by atoms with Crippen LogP contribution in [-0.4, -0.2) is 21.9 Å². The minimum absolute atomic E-state index is 0.133. The zero-order valence-corrected chi connectivity index (χ0v) is 16.1. The number of terminal acetylenes is 1. The average Bonchev–Trinajstić information content (AvgIpc) is 2.93. The molecule has 25 heavy (non-hydrogen) atoms. The van der Waals surface area contributed by atoms with Crippen molar-refractivity contribution >= 4 is 0 Å². The van der Waals surface area contributed by atoms with E-state index >= 15 is 0 Å². The lowest BCUT2D eigenvalue weighted by atomic mass is 9.47. The Kier molecular flexibility index (Phi) is 3.95. The van der Waals surface area contributed by atoms with Crippen LogP contribution in [0.25, 0.3) is 0 Å². The Bertz CT molecular complexity index is 626. The molecule has 0 aromatic heterocycles. The molecule has 0 amide bonds. The van der Waals surface area contributed by atoms with Gasteiger partial charge in [0.15, 0.2) is 0 Å². The van der Waals surface area contributed by atoms with Crippen molar-refractivity contribution in [3.63, 3.8) is 0 Å². The summed E-state index contributed by atoms with van der Waals surface area (Å²) in [5.41, 5.74) is 1.01. The van der Waals surface area contributed by atoms with Crippen LogP contribution in [0.3, 0.4) is 0 Å². The second kappa shape index (κ2) is 5.61. The number of allylic oxidation sites excluding steroid dienone is 1. The van der Waals surface area contributed by atoms with E-state index in [9.17, 15) is 10.2 Å². The fourth-order valence-corrected chi connectivity index (χ4v) is 7.67. The van der Waals surface area contributed by atoms with Crippen LogP contribution in [0.4, 0.5) is 0 Å². The molecule has 0 spiro atoms. The third-order valence-electron chi connectivity index (χ3n) is 9.05. The Hall–Kier alpha value is -0.780. The van der Waals surface area contributed by atoms with Crippen molar-refractivity contribution in [1.82, 2.24) is 0 Å². The van der Waals surface area contributed by atoms with Crippen molar-refractivity contribution in [1.29, 1.82) is 0 Å². The van der Waals surface area contributed by atoms with E-state index in [2.05, 4.69) is 25.8 Å². The predicted octanol–water partition coefficient (Wildman–Crippen LogP) is 4.31. The molecule has 0 heterocycles. The molecule has 0 bridgehead atoms. The summed E-state index contributed by atoms with van der Waals surface area (Å²) in [5, 5.41) is 20.9. The maximum atomic E-state index is 10.8. The first-order chi connectivity index (χ1) is 11.7. The van der Waals surface area contributed by atoms with Crippen LogP contribution in [0, 0.1) is 46.8 Å². The molecule has 0 aromatic carbocycles. The molecule has 4 aliphatic carbocycles. The van der Waals surface area contributed by atoms with E-state index in [4.69, 9.17) is 6.42 Å². The van der Waals surface area contributed by atoms with Crippen LogP contribution >= 0.6 is 0 Å². The smallest absolute Gasteiger partial charge is 0.125 e. The van der Waals surface area contributed by atoms with Crippen LogP contribution in [0.15, 0.2) is 11.6 Å². The second-order valence-corrected chi connectivity index (χ2v) is 10.1. The lowest BCUT2D eigenvalue weighted by Crippen LogP contribution is -2.52. The minimum atomic E-state index is -0.981. The zero-order chi connectivity index (χ0) is 18.0. The van der Waals surface area contributed by atoms with Crippen molar-refractivity contribution < 1.29 is 10.2 Å². The van der Waals surface area contributed by atoms with Crippen molar-refractivity contribution in [2.75, 3.05) is 0 Å². The minimum Gasteiger partial charge on any atom is -0.393 e. The summed E-state index contributed by atoms with van der Waals surface area (Å²) in [6, 6.07) is 0. The lowest BCUT2D eigenvalue weighted by Gasteiger charge is -2.58. The predicted molar refractivity (Wildman–Crippen MR) is 101 cm³/mol. The molecule has 4 aliphatic rings. The van der Waals surface area contributed by atoms with Crippen LogP contribution in [0.2, 0.25) is 0 Å². The number of rotatable bonds is 1. The van der Waals surface area contributed by atoms with Gasteiger partial charge in [-0.3, -0.25) is 0 Å². The summed E-state index contributed by atoms with van der Waals surface area (Å²) in [4.78, 5) is 0. The maximum absolute atomic E-state index is 10.8. The Morgan fingerprint density at radius 1 is 1.16 bits per heavy atom. The van der Waals surface area contributed by atoms with E-state index in [-0.39, 0.29) is 22.9 Å². The van der Waals surface area contributed by atoms with Gasteiger partial charge in [-0.05, 0) is 86.9 Å². The Morgan fingerprint density at radius 2 is 1.92 bits per heavy atom. The van der Waals surface area contributed by atoms with Gasteiger partial charge in [-0.1, -0.05) is 31.4 Å². The van der Waals surface area contributed by atoms with Crippen LogP contribution in [0.5, 0.6) is 0 Å². The largest absolute Gasteiger partial charge is 0.393 e. The first kappa shape index (κ1) is 17.6. The van der Waals surface area contributed by atoms with Gasteiger partial charge in [0.25, 0.3) is 0 Å². The van der Waals surface area contributed by atoms with E-state index in [1.54, 1.807) is 0 Å². The van der Waals surface area contributed by atoms with Gasteiger partial charge in [0.05, 0.1) is 6.10 Å². The number of aliphatic hydroxyl groups is 2. The second-order valence-electron chi connectivity index (χ2n) is 10.1. The fourth-order valence-electron chi connectivity index (χ4n) is 7.67. The molecule has 2 heteroatoms. The van der Waals surface area contributed by atoms with Crippen LogP contribution < -0.4 is 0 Å². The number of hydrogen-bond donors (Lipinski definition) is 2. The Balaban J connectivity index is 1.66. The van der Waals surface area contributed by atoms with E-state index in [1.165, 1.54) is 24.8 Å². The highest BCUT2D eigenvalue weighted by Gasteiger charge is 2.61. The highest BCUT2D eigenvalue weighted by molar-refractivity contribution is 5.26. The summed E-state index contributed by atoms with van der Waals surface area (Å²) in [5.74, 6) is 5.06. The molecule has 3 fully saturated rings. The molecule has 0 saturated heterocycles. The molecule has 0 aliphatic heterocycles. The highest BCUT2D eigenvalue weighted by Crippen LogP contribution is 2.67. The first-order valence-electron chi connectivity index (χ1n) is 10.3. The topological polar surface area (TPSA) is 40.5 Å². The van der Waals surface area contributed by atoms with Crippen molar-refractivity contribution in [3.05, 3.63) is 11.6 Å². The van der Waals surface area contributed by atoms with Crippen LogP contribution in [0.1, 0.15) is 72.1 Å². The van der Waals surface area contributed by atoms with Crippen molar-refractivity contribution in [3.8, 4) is 12.3 Å². The lowest BCUT2D eigenvalue weighted by molar-refractivity contribution is -0.0826. The zero-order valence-electron chi connectivity index (χ0n) is 16.1. The normalized spacial score (nSPS) is 51.4. The van der Waals surface area contributed by atoms with Crippen LogP contribution in [-0.2, 0) is 0 Å². The fraction of sp³-hybridized carbons (Fsp3) is 0.826. The summed E-state index contributed by atoms with van der Waals surface area (Å²) >= 11 is 0. The molecular formula is C23H34O2. The summed E-state index contributed by atoms with van der Waals surface area (Å²) in [7, 11) is 0. The molecule has 4 rings (SSSR count). The monoisotopic (exact) mass is 342 g/mol. The number of hydrogen-bond acceptors (Lipinski definition) is 2. The van der Waals surface area contributed by atoms with Gasteiger partial charge in [0.1, 0.15) is 5.60 Å². The van der Waals surface area contributed by atoms with Crippen molar-refractivity contribution in [2.45, 2.75) is 83.8 Å². The van der Waals surface area contributed by atoms with E-state index in [0.717, 1.165) is 43.9 Å². The third kappa shape index (κ3) is 2.38. The van der Waals surface area contributed by atoms with Gasteiger partial charge < -0.3 is 10.2 Å². The summed E-state index contributed by atoms with van der Waals surface area (Å²) < 4.78 is 0. The number of fused-ring (bicyclic) bond motifs is 5. The molecule has 2 nitrogen and oxygen atoms in total. The van der Waals surface area contributed by atoms with Gasteiger partial charge in [-0.25, -0.2) is 0 Å². The van der Waals surface area contributed by atoms with E-state index in [0.29, 0.717) is 5.92 Å². The molecule has 0 radical (unpaired) electrons. The van der Waals surface area contributed by atoms with Crippen molar-refractivity contribution in [2.24, 2.45) is 34.5 Å². The Labute approximate surface area is 153 Å². The quantitative estimate of drug-likeness (QED) is 0.551. The summed E-state index contributed by atoms with van der Waals surface area (Å²) in [6.45, 7) is 6.72. The maximum Gasteiger partial charge on any atom is 0.125 e. The molecule has 2 unspecified atom stereocenters. The van der Waals surface area contributed by atoms with Gasteiger partial charge in [0.2, 0.25) is 0 Å².